The number of aliphatic hydroxyl groups excluding tert-OH is 1. The summed E-state index contributed by atoms with van der Waals surface area (Å²) in [6.45, 7) is 11.8. The van der Waals surface area contributed by atoms with Crippen molar-refractivity contribution in [3.63, 3.8) is 0 Å². The van der Waals surface area contributed by atoms with Crippen molar-refractivity contribution in [2.45, 2.75) is 142 Å². The third-order valence-electron chi connectivity index (χ3n) is 5.81. The van der Waals surface area contributed by atoms with E-state index in [-0.39, 0.29) is 0 Å². The minimum atomic E-state index is -0.794. The molecule has 182 valence electrons. The second-order valence-electron chi connectivity index (χ2n) is 10.4. The molecule has 0 radical (unpaired) electrons. The average Bonchev–Trinajstić information content (AvgIpc) is 2.99. The smallest absolute Gasteiger partial charge is 0.413 e. The van der Waals surface area contributed by atoms with Gasteiger partial charge in [0.15, 0.2) is 0 Å². The molecule has 0 spiro atoms. The third-order valence-corrected chi connectivity index (χ3v) is 5.81. The zero-order valence-electron chi connectivity index (χ0n) is 21.1. The molecule has 1 fully saturated rings. The zero-order valence-corrected chi connectivity index (χ0v) is 21.1. The molecule has 0 saturated carbocycles. The van der Waals surface area contributed by atoms with Gasteiger partial charge in [-0.2, -0.15) is 0 Å². The molecule has 1 saturated heterocycles. The molecule has 2 atom stereocenters. The Morgan fingerprint density at radius 3 is 2.10 bits per heavy atom. The van der Waals surface area contributed by atoms with Crippen LogP contribution in [0.2, 0.25) is 0 Å². The van der Waals surface area contributed by atoms with Crippen LogP contribution in [-0.2, 0) is 9.47 Å². The van der Waals surface area contributed by atoms with Gasteiger partial charge in [-0.15, -0.1) is 0 Å². The first-order valence-electron chi connectivity index (χ1n) is 12.6. The number of nitrogens with zero attached hydrogens (tertiary/aromatic N) is 1. The molecule has 1 heterocycles. The molecule has 1 amide bonds. The number of ether oxygens (including phenoxy) is 2. The van der Waals surface area contributed by atoms with Crippen LogP contribution < -0.4 is 0 Å². The van der Waals surface area contributed by atoms with Gasteiger partial charge in [0.1, 0.15) is 11.3 Å². The summed E-state index contributed by atoms with van der Waals surface area (Å²) in [5, 5.41) is 10.7. The van der Waals surface area contributed by atoms with Crippen LogP contribution >= 0.6 is 0 Å². The Hall–Kier alpha value is -1.07. The van der Waals surface area contributed by atoms with E-state index in [0.717, 1.165) is 12.8 Å². The number of carbonyl (C=O) groups excluding carboxylic acids is 1. The zero-order chi connectivity index (χ0) is 23.3. The molecule has 0 aromatic rings. The first kappa shape index (κ1) is 28.0. The van der Waals surface area contributed by atoms with E-state index in [1.807, 2.05) is 46.8 Å². The minimum absolute atomic E-state index is 0.302. The molecule has 5 heteroatoms. The Kier molecular flexibility index (Phi) is 12.8. The van der Waals surface area contributed by atoms with Crippen LogP contribution in [0, 0.1) is 0 Å². The van der Waals surface area contributed by atoms with E-state index in [4.69, 9.17) is 9.47 Å². The fourth-order valence-corrected chi connectivity index (χ4v) is 4.04. The highest BCUT2D eigenvalue weighted by molar-refractivity contribution is 5.70. The molecule has 0 aliphatic carbocycles. The van der Waals surface area contributed by atoms with E-state index in [0.29, 0.717) is 6.61 Å². The first-order chi connectivity index (χ1) is 14.6. The predicted octanol–water partition coefficient (Wildman–Crippen LogP) is 6.98. The summed E-state index contributed by atoms with van der Waals surface area (Å²) >= 11 is 0. The highest BCUT2D eigenvalue weighted by Gasteiger charge is 2.47. The molecule has 31 heavy (non-hydrogen) atoms. The normalized spacial score (nSPS) is 19.8. The number of carbonyl (C=O) groups is 1. The van der Waals surface area contributed by atoms with Crippen molar-refractivity contribution < 1.29 is 19.4 Å². The summed E-state index contributed by atoms with van der Waals surface area (Å²) in [4.78, 5) is 14.2. The van der Waals surface area contributed by atoms with E-state index < -0.39 is 29.6 Å². The lowest BCUT2D eigenvalue weighted by Gasteiger charge is -2.36. The standard InChI is InChI=1S/C26H49NO4/c1-7-8-9-10-11-12-13-14-15-16-17-18-19-20-23(28)22-21-30-26(5,6)27(22)24(29)31-25(2,3)4/h19-20,22-23,28H,7-18,21H2,1-6H3/b20-19+/t22?,23-/m1/s1. The highest BCUT2D eigenvalue weighted by atomic mass is 16.6. The van der Waals surface area contributed by atoms with Crippen LogP contribution in [0.3, 0.4) is 0 Å². The van der Waals surface area contributed by atoms with E-state index >= 15 is 0 Å². The molecule has 0 aromatic carbocycles. The maximum absolute atomic E-state index is 12.7. The molecule has 1 aliphatic heterocycles. The Balaban J connectivity index is 2.26. The molecule has 5 nitrogen and oxygen atoms in total. The van der Waals surface area contributed by atoms with Gasteiger partial charge >= 0.3 is 6.09 Å². The summed E-state index contributed by atoms with van der Waals surface area (Å²) in [5.41, 5.74) is -1.38. The minimum Gasteiger partial charge on any atom is -0.444 e. The molecular weight excluding hydrogens is 390 g/mol. The van der Waals surface area contributed by atoms with Crippen molar-refractivity contribution >= 4 is 6.09 Å². The van der Waals surface area contributed by atoms with Gasteiger partial charge in [0, 0.05) is 0 Å². The average molecular weight is 440 g/mol. The maximum atomic E-state index is 12.7. The van der Waals surface area contributed by atoms with Gasteiger partial charge in [-0.3, -0.25) is 4.90 Å². The number of rotatable bonds is 14. The van der Waals surface area contributed by atoms with Crippen LogP contribution in [-0.4, -0.2) is 46.2 Å². The van der Waals surface area contributed by atoms with E-state index in [9.17, 15) is 9.90 Å². The lowest BCUT2D eigenvalue weighted by molar-refractivity contribution is -0.0661. The summed E-state index contributed by atoms with van der Waals surface area (Å²) in [6, 6.07) is -0.432. The van der Waals surface area contributed by atoms with Crippen molar-refractivity contribution in [3.8, 4) is 0 Å². The van der Waals surface area contributed by atoms with Gasteiger partial charge in [-0.25, -0.2) is 4.79 Å². The number of unbranched alkanes of at least 4 members (excludes halogenated alkanes) is 11. The molecular formula is C26H49NO4. The molecule has 1 rings (SSSR count). The van der Waals surface area contributed by atoms with Crippen molar-refractivity contribution in [2.24, 2.45) is 0 Å². The predicted molar refractivity (Wildman–Crippen MR) is 128 cm³/mol. The molecule has 1 N–H and O–H groups in total. The van der Waals surface area contributed by atoms with Crippen molar-refractivity contribution in [2.75, 3.05) is 6.61 Å². The Morgan fingerprint density at radius 2 is 1.58 bits per heavy atom. The van der Waals surface area contributed by atoms with Gasteiger partial charge in [-0.1, -0.05) is 83.3 Å². The Bertz CT molecular complexity index is 524. The van der Waals surface area contributed by atoms with E-state index in [1.165, 1.54) is 69.1 Å². The number of hydrogen-bond acceptors (Lipinski definition) is 4. The van der Waals surface area contributed by atoms with Gasteiger partial charge in [0.2, 0.25) is 0 Å². The van der Waals surface area contributed by atoms with Crippen LogP contribution in [0.15, 0.2) is 12.2 Å². The van der Waals surface area contributed by atoms with Crippen LogP contribution in [0.4, 0.5) is 4.79 Å². The number of aliphatic hydroxyl groups is 1. The number of amides is 1. The van der Waals surface area contributed by atoms with Crippen LogP contribution in [0.1, 0.15) is 119 Å². The summed E-state index contributed by atoms with van der Waals surface area (Å²) < 4.78 is 11.3. The quantitative estimate of drug-likeness (QED) is 0.234. The summed E-state index contributed by atoms with van der Waals surface area (Å²) in [5.74, 6) is 0. The lowest BCUT2D eigenvalue weighted by Crippen LogP contribution is -2.53. The van der Waals surface area contributed by atoms with E-state index in [2.05, 4.69) is 6.92 Å². The maximum Gasteiger partial charge on any atom is 0.413 e. The Morgan fingerprint density at radius 1 is 1.06 bits per heavy atom. The topological polar surface area (TPSA) is 59.0 Å². The summed E-state index contributed by atoms with van der Waals surface area (Å²) in [7, 11) is 0. The fraction of sp³-hybridized carbons (Fsp3) is 0.885. The van der Waals surface area contributed by atoms with Crippen LogP contribution in [0.25, 0.3) is 0 Å². The van der Waals surface area contributed by atoms with Crippen molar-refractivity contribution in [1.29, 1.82) is 0 Å². The number of allylic oxidation sites excluding steroid dienone is 1. The second kappa shape index (κ2) is 14.2. The second-order valence-corrected chi connectivity index (χ2v) is 10.4. The molecule has 0 bridgehead atoms. The van der Waals surface area contributed by atoms with Gasteiger partial charge in [-0.05, 0) is 47.5 Å². The van der Waals surface area contributed by atoms with Gasteiger partial charge in [0.25, 0.3) is 0 Å². The summed E-state index contributed by atoms with van der Waals surface area (Å²) in [6.07, 6.45) is 18.2. The molecule has 1 aliphatic rings. The SMILES string of the molecule is CCCCCCCCCCCCC/C=C/[C@@H](O)C1COC(C)(C)N1C(=O)OC(C)(C)C. The molecule has 1 unspecified atom stereocenters. The van der Waals surface area contributed by atoms with Crippen molar-refractivity contribution in [1.82, 2.24) is 4.90 Å². The first-order valence-corrected chi connectivity index (χ1v) is 12.6. The van der Waals surface area contributed by atoms with Gasteiger partial charge in [0.05, 0.1) is 18.8 Å². The van der Waals surface area contributed by atoms with E-state index in [1.54, 1.807) is 0 Å². The lowest BCUT2D eigenvalue weighted by atomic mass is 10.0. The largest absolute Gasteiger partial charge is 0.444 e. The van der Waals surface area contributed by atoms with Crippen molar-refractivity contribution in [3.05, 3.63) is 12.2 Å². The third kappa shape index (κ3) is 11.4. The molecule has 0 aromatic heterocycles. The Labute approximate surface area is 191 Å². The monoisotopic (exact) mass is 439 g/mol. The highest BCUT2D eigenvalue weighted by Crippen LogP contribution is 2.31. The van der Waals surface area contributed by atoms with Gasteiger partial charge < -0.3 is 14.6 Å². The van der Waals surface area contributed by atoms with Crippen LogP contribution in [0.5, 0.6) is 0 Å². The fourth-order valence-electron chi connectivity index (χ4n) is 4.04. The number of hydrogen-bond donors (Lipinski definition) is 1.